The monoisotopic (exact) mass is 640 g/mol. The Balaban J connectivity index is 0.000000165. The molecule has 242 valence electrons. The van der Waals surface area contributed by atoms with Crippen LogP contribution in [-0.4, -0.2) is 28.6 Å². The lowest BCUT2D eigenvalue weighted by atomic mass is 10.0. The van der Waals surface area contributed by atoms with Crippen molar-refractivity contribution in [3.8, 4) is 22.9 Å². The van der Waals surface area contributed by atoms with E-state index in [4.69, 9.17) is 32.1 Å². The average Bonchev–Trinajstić information content (AvgIpc) is 3.60. The van der Waals surface area contributed by atoms with Crippen LogP contribution in [0.25, 0.3) is 29.0 Å². The minimum absolute atomic E-state index is 0.0237. The molecule has 10 nitrogen and oxygen atoms in total. The van der Waals surface area contributed by atoms with E-state index in [0.717, 1.165) is 16.7 Å². The maximum atomic E-state index is 11.9. The first kappa shape index (κ1) is 34.2. The molecule has 0 radical (unpaired) electrons. The van der Waals surface area contributed by atoms with Crippen molar-refractivity contribution < 1.29 is 18.7 Å². The molecule has 0 aliphatic carbocycles. The highest BCUT2D eigenvalue weighted by atomic mass is 16.5. The zero-order valence-corrected chi connectivity index (χ0v) is 26.3. The van der Waals surface area contributed by atoms with Gasteiger partial charge in [0.05, 0.1) is 6.61 Å². The molecule has 0 fully saturated rings. The molecule has 0 aliphatic rings. The summed E-state index contributed by atoms with van der Waals surface area (Å²) >= 11 is 0. The van der Waals surface area contributed by atoms with Crippen molar-refractivity contribution in [3.63, 3.8) is 0 Å². The number of nitrogens with zero attached hydrogens (tertiary/aromatic N) is 2. The third-order valence-electron chi connectivity index (χ3n) is 6.58. The van der Waals surface area contributed by atoms with Crippen LogP contribution in [0.1, 0.15) is 28.4 Å². The number of hydrogen-bond acceptors (Lipinski definition) is 10. The van der Waals surface area contributed by atoms with E-state index in [-0.39, 0.29) is 11.8 Å². The highest BCUT2D eigenvalue weighted by Gasteiger charge is 2.10. The van der Waals surface area contributed by atoms with Gasteiger partial charge in [-0.2, -0.15) is 0 Å². The summed E-state index contributed by atoms with van der Waals surface area (Å²) in [6.45, 7) is 2.17. The fourth-order valence-corrected chi connectivity index (χ4v) is 4.06. The van der Waals surface area contributed by atoms with Gasteiger partial charge in [-0.1, -0.05) is 42.5 Å². The van der Waals surface area contributed by atoms with E-state index in [0.29, 0.717) is 52.3 Å². The number of benzene rings is 5. The molecule has 10 heteroatoms. The van der Waals surface area contributed by atoms with Crippen LogP contribution in [-0.2, 0) is 9.53 Å². The first-order valence-corrected chi connectivity index (χ1v) is 14.9. The predicted octanol–water partition coefficient (Wildman–Crippen LogP) is 6.91. The molecule has 0 spiro atoms. The quantitative estimate of drug-likeness (QED) is 0.0618. The SMILES string of the molecule is CCOC(=O)/C=C/c1ccc(N)cc1.Nc1ccc(-c2nnc(-c3ccc(N)cc3)o2)cc1.Nc1ccc(C(=O)c2ccccc2)cc1. The minimum atomic E-state index is -0.329. The number of nitrogens with two attached hydrogens (primary N) is 4. The molecule has 0 amide bonds. The van der Waals surface area contributed by atoms with Crippen LogP contribution in [0.15, 0.2) is 138 Å². The van der Waals surface area contributed by atoms with Crippen molar-refractivity contribution in [2.24, 2.45) is 0 Å². The van der Waals surface area contributed by atoms with E-state index < -0.39 is 0 Å². The predicted molar refractivity (Wildman–Crippen MR) is 191 cm³/mol. The van der Waals surface area contributed by atoms with E-state index in [1.165, 1.54) is 6.08 Å². The smallest absolute Gasteiger partial charge is 0.330 e. The van der Waals surface area contributed by atoms with Gasteiger partial charge in [0.1, 0.15) is 0 Å². The van der Waals surface area contributed by atoms with Crippen LogP contribution in [0.5, 0.6) is 0 Å². The average molecular weight is 641 g/mol. The highest BCUT2D eigenvalue weighted by molar-refractivity contribution is 6.09. The first-order chi connectivity index (χ1) is 23.2. The van der Waals surface area contributed by atoms with E-state index in [1.54, 1.807) is 85.8 Å². The van der Waals surface area contributed by atoms with Gasteiger partial charge in [0.2, 0.25) is 11.8 Å². The zero-order valence-electron chi connectivity index (χ0n) is 26.3. The van der Waals surface area contributed by atoms with Crippen molar-refractivity contribution in [2.75, 3.05) is 29.5 Å². The van der Waals surface area contributed by atoms with Crippen LogP contribution < -0.4 is 22.9 Å². The van der Waals surface area contributed by atoms with E-state index in [9.17, 15) is 9.59 Å². The largest absolute Gasteiger partial charge is 0.463 e. The number of esters is 1. The summed E-state index contributed by atoms with van der Waals surface area (Å²) in [4.78, 5) is 22.9. The number of carbonyl (C=O) groups excluding carboxylic acids is 2. The van der Waals surface area contributed by atoms with Gasteiger partial charge in [-0.15, -0.1) is 10.2 Å². The second-order valence-corrected chi connectivity index (χ2v) is 10.2. The number of rotatable bonds is 7. The van der Waals surface area contributed by atoms with Gasteiger partial charge in [0.25, 0.3) is 0 Å². The lowest BCUT2D eigenvalue weighted by molar-refractivity contribution is -0.137. The Kier molecular flexibility index (Phi) is 12.2. The number of carbonyl (C=O) groups is 2. The molecular formula is C38H36N6O4. The van der Waals surface area contributed by atoms with Crippen molar-refractivity contribution in [1.29, 1.82) is 0 Å². The number of ether oxygens (including phenoxy) is 1. The molecule has 0 aliphatic heterocycles. The third kappa shape index (κ3) is 10.5. The molecule has 0 saturated carbocycles. The van der Waals surface area contributed by atoms with Gasteiger partial charge in [-0.05, 0) is 103 Å². The Labute approximate surface area is 278 Å². The first-order valence-electron chi connectivity index (χ1n) is 14.9. The normalized spacial score (nSPS) is 10.3. The van der Waals surface area contributed by atoms with Crippen LogP contribution in [0, 0.1) is 0 Å². The van der Waals surface area contributed by atoms with E-state index >= 15 is 0 Å². The van der Waals surface area contributed by atoms with Gasteiger partial charge in [-0.25, -0.2) is 4.79 Å². The molecule has 6 rings (SSSR count). The maximum absolute atomic E-state index is 11.9. The van der Waals surface area contributed by atoms with E-state index in [1.807, 2.05) is 54.6 Å². The van der Waals surface area contributed by atoms with Gasteiger partial charge in [0.15, 0.2) is 5.78 Å². The molecule has 1 aromatic heterocycles. The zero-order chi connectivity index (χ0) is 34.3. The van der Waals surface area contributed by atoms with Crippen LogP contribution >= 0.6 is 0 Å². The van der Waals surface area contributed by atoms with Crippen molar-refractivity contribution >= 4 is 40.6 Å². The van der Waals surface area contributed by atoms with Gasteiger partial charge in [0, 0.05) is 51.1 Å². The molecule has 5 aromatic carbocycles. The van der Waals surface area contributed by atoms with E-state index in [2.05, 4.69) is 10.2 Å². The molecule has 0 bridgehead atoms. The lowest BCUT2D eigenvalue weighted by Crippen LogP contribution is -2.00. The molecule has 0 saturated heterocycles. The third-order valence-corrected chi connectivity index (χ3v) is 6.58. The Hall–Kier alpha value is -6.68. The number of anilines is 4. The second-order valence-electron chi connectivity index (χ2n) is 10.2. The molecular weight excluding hydrogens is 604 g/mol. The molecule has 48 heavy (non-hydrogen) atoms. The van der Waals surface area contributed by atoms with Gasteiger partial charge in [-0.3, -0.25) is 4.79 Å². The summed E-state index contributed by atoms with van der Waals surface area (Å²) in [5, 5.41) is 8.05. The van der Waals surface area contributed by atoms with Crippen molar-refractivity contribution in [3.05, 3.63) is 150 Å². The molecule has 0 atom stereocenters. The molecule has 6 aromatic rings. The molecule has 0 unspecified atom stereocenters. The van der Waals surface area contributed by atoms with Crippen molar-refractivity contribution in [2.45, 2.75) is 6.92 Å². The summed E-state index contributed by atoms with van der Waals surface area (Å²) in [5.74, 6) is 0.624. The Morgan fingerprint density at radius 3 is 1.48 bits per heavy atom. The number of nitrogen functional groups attached to an aromatic ring is 4. The topological polar surface area (TPSA) is 186 Å². The minimum Gasteiger partial charge on any atom is -0.463 e. The molecule has 8 N–H and O–H groups in total. The number of ketones is 1. The maximum Gasteiger partial charge on any atom is 0.330 e. The van der Waals surface area contributed by atoms with Crippen LogP contribution in [0.3, 0.4) is 0 Å². The number of hydrogen-bond donors (Lipinski definition) is 4. The Bertz CT molecular complexity index is 1860. The summed E-state index contributed by atoms with van der Waals surface area (Å²) in [5.41, 5.74) is 29.1. The Morgan fingerprint density at radius 2 is 1.02 bits per heavy atom. The van der Waals surface area contributed by atoms with Crippen molar-refractivity contribution in [1.82, 2.24) is 10.2 Å². The highest BCUT2D eigenvalue weighted by Crippen LogP contribution is 2.25. The van der Waals surface area contributed by atoms with Crippen LogP contribution in [0.4, 0.5) is 22.7 Å². The van der Waals surface area contributed by atoms with Crippen LogP contribution in [0.2, 0.25) is 0 Å². The number of aromatic nitrogens is 2. The molecule has 1 heterocycles. The summed E-state index contributed by atoms with van der Waals surface area (Å²) in [6, 6.07) is 37.9. The lowest BCUT2D eigenvalue weighted by Gasteiger charge is -2.00. The van der Waals surface area contributed by atoms with Gasteiger partial charge < -0.3 is 32.1 Å². The van der Waals surface area contributed by atoms with Gasteiger partial charge >= 0.3 is 5.97 Å². The summed E-state index contributed by atoms with van der Waals surface area (Å²) < 4.78 is 10.4. The fourth-order valence-electron chi connectivity index (χ4n) is 4.06. The standard InChI is InChI=1S/C14H12N4O.C13H11NO.C11H13NO2/c15-11-5-1-9(2-6-11)13-17-18-14(19-13)10-3-7-12(16)8-4-10;14-12-8-6-11(7-9-12)13(15)10-4-2-1-3-5-10;1-2-14-11(13)8-5-9-3-6-10(12)7-4-9/h1-8H,15-16H2;1-9H,14H2;3-8H,2,12H2,1H3/b;;8-5+. The summed E-state index contributed by atoms with van der Waals surface area (Å²) in [6.07, 6.45) is 3.09. The second kappa shape index (κ2) is 17.1. The summed E-state index contributed by atoms with van der Waals surface area (Å²) in [7, 11) is 0. The Morgan fingerprint density at radius 1 is 0.604 bits per heavy atom. The fraction of sp³-hybridized carbons (Fsp3) is 0.0526.